The Morgan fingerprint density at radius 3 is 2.69 bits per heavy atom. The Morgan fingerprint density at radius 1 is 1.16 bits per heavy atom. The molecule has 164 valence electrons. The van der Waals surface area contributed by atoms with Gasteiger partial charge >= 0.3 is 11.9 Å². The molecule has 1 N–H and O–H groups in total. The van der Waals surface area contributed by atoms with Crippen LogP contribution < -0.4 is 15.0 Å². The van der Waals surface area contributed by atoms with Crippen LogP contribution in [0.15, 0.2) is 59.5 Å². The first-order chi connectivity index (χ1) is 15.5. The van der Waals surface area contributed by atoms with E-state index in [0.717, 1.165) is 5.56 Å². The van der Waals surface area contributed by atoms with Crippen LogP contribution in [0.25, 0.3) is 0 Å². The summed E-state index contributed by atoms with van der Waals surface area (Å²) in [7, 11) is 0. The van der Waals surface area contributed by atoms with Gasteiger partial charge < -0.3 is 19.2 Å². The number of ether oxygens (including phenoxy) is 3. The van der Waals surface area contributed by atoms with Crippen LogP contribution in [0.2, 0.25) is 5.02 Å². The fourth-order valence-electron chi connectivity index (χ4n) is 3.68. The van der Waals surface area contributed by atoms with Crippen LogP contribution in [0.1, 0.15) is 46.3 Å². The van der Waals surface area contributed by atoms with Crippen molar-refractivity contribution in [3.05, 3.63) is 92.4 Å². The second-order valence-corrected chi connectivity index (χ2v) is 7.55. The Bertz CT molecular complexity index is 1240. The zero-order valence-corrected chi connectivity index (χ0v) is 18.0. The summed E-state index contributed by atoms with van der Waals surface area (Å²) in [6.45, 7) is 2.01. The molecule has 2 aromatic carbocycles. The average Bonchev–Trinajstić information content (AvgIpc) is 2.78. The number of hydrogen-bond donors (Lipinski definition) is 1. The summed E-state index contributed by atoms with van der Waals surface area (Å²) in [5, 5.41) is 0.576. The number of fused-ring (bicyclic) bond motifs is 1. The lowest BCUT2D eigenvalue weighted by Crippen LogP contribution is -2.30. The number of aromatic amines is 1. The molecule has 0 bridgehead atoms. The number of halogens is 1. The van der Waals surface area contributed by atoms with Crippen molar-refractivity contribution in [1.29, 1.82) is 0 Å². The average molecular weight is 454 g/mol. The molecule has 0 aliphatic carbocycles. The third-order valence-electron chi connectivity index (χ3n) is 5.15. The van der Waals surface area contributed by atoms with E-state index < -0.39 is 23.4 Å². The standard InChI is InChI=1S/C24H20ClNO6/c1-2-30-24(29)17-12-26-23(28)21-16(11-20(27)32-22(17)21)15-8-4-6-10-19(15)31-13-14-7-3-5-9-18(14)25/h3-10,12,16H,2,11,13H2,1H3,(H,26,28)/t16-/m1/s1. The van der Waals surface area contributed by atoms with Crippen molar-refractivity contribution in [3.8, 4) is 11.5 Å². The zero-order chi connectivity index (χ0) is 22.7. The number of rotatable bonds is 6. The molecule has 1 atom stereocenters. The largest absolute Gasteiger partial charge is 0.489 e. The van der Waals surface area contributed by atoms with E-state index in [4.69, 9.17) is 25.8 Å². The van der Waals surface area contributed by atoms with Gasteiger partial charge in [0.05, 0.1) is 18.6 Å². The van der Waals surface area contributed by atoms with Gasteiger partial charge in [-0.1, -0.05) is 48.0 Å². The van der Waals surface area contributed by atoms with Crippen molar-refractivity contribution in [3.63, 3.8) is 0 Å². The number of pyridine rings is 1. The summed E-state index contributed by atoms with van der Waals surface area (Å²) in [5.74, 6) is -1.48. The van der Waals surface area contributed by atoms with E-state index in [-0.39, 0.29) is 36.5 Å². The van der Waals surface area contributed by atoms with Crippen LogP contribution in [0.4, 0.5) is 0 Å². The number of para-hydroxylation sites is 1. The van der Waals surface area contributed by atoms with Gasteiger partial charge in [0.25, 0.3) is 5.56 Å². The number of hydrogen-bond acceptors (Lipinski definition) is 6. The summed E-state index contributed by atoms with van der Waals surface area (Å²) in [6.07, 6.45) is 1.13. The summed E-state index contributed by atoms with van der Waals surface area (Å²) in [4.78, 5) is 40.1. The molecular formula is C24H20ClNO6. The highest BCUT2D eigenvalue weighted by molar-refractivity contribution is 6.31. The van der Waals surface area contributed by atoms with Gasteiger partial charge in [-0.2, -0.15) is 0 Å². The maximum atomic E-state index is 12.8. The molecule has 0 amide bonds. The van der Waals surface area contributed by atoms with Gasteiger partial charge in [0.2, 0.25) is 0 Å². The Kier molecular flexibility index (Phi) is 6.28. The number of aromatic nitrogens is 1. The fourth-order valence-corrected chi connectivity index (χ4v) is 3.87. The van der Waals surface area contributed by atoms with Crippen LogP contribution in [-0.4, -0.2) is 23.5 Å². The molecule has 0 fully saturated rings. The Balaban J connectivity index is 1.75. The van der Waals surface area contributed by atoms with Crippen LogP contribution in [0.5, 0.6) is 11.5 Å². The molecular weight excluding hydrogens is 434 g/mol. The van der Waals surface area contributed by atoms with Crippen molar-refractivity contribution < 1.29 is 23.8 Å². The van der Waals surface area contributed by atoms with E-state index >= 15 is 0 Å². The highest BCUT2D eigenvalue weighted by Crippen LogP contribution is 2.41. The van der Waals surface area contributed by atoms with Crippen LogP contribution >= 0.6 is 11.6 Å². The van der Waals surface area contributed by atoms with Gasteiger partial charge in [-0.3, -0.25) is 9.59 Å². The van der Waals surface area contributed by atoms with Crippen molar-refractivity contribution >= 4 is 23.5 Å². The van der Waals surface area contributed by atoms with Crippen LogP contribution in [-0.2, 0) is 16.1 Å². The molecule has 2 heterocycles. The molecule has 1 aromatic heterocycles. The third kappa shape index (κ3) is 4.24. The lowest BCUT2D eigenvalue weighted by atomic mass is 9.85. The van der Waals surface area contributed by atoms with Crippen LogP contribution in [0, 0.1) is 0 Å². The molecule has 3 aromatic rings. The lowest BCUT2D eigenvalue weighted by molar-refractivity contribution is -0.135. The number of esters is 2. The fraction of sp³-hybridized carbons (Fsp3) is 0.208. The van der Waals surface area contributed by atoms with E-state index in [1.165, 1.54) is 6.20 Å². The number of H-pyrrole nitrogens is 1. The maximum Gasteiger partial charge on any atom is 0.343 e. The molecule has 1 aliphatic heterocycles. The molecule has 0 saturated carbocycles. The highest BCUT2D eigenvalue weighted by atomic mass is 35.5. The summed E-state index contributed by atoms with van der Waals surface area (Å²) in [5.41, 5.74) is 1.16. The molecule has 1 aliphatic rings. The molecule has 0 radical (unpaired) electrons. The first kappa shape index (κ1) is 21.6. The van der Waals surface area contributed by atoms with Gasteiger partial charge in [-0.05, 0) is 19.1 Å². The Labute approximate surface area is 188 Å². The van der Waals surface area contributed by atoms with Gasteiger partial charge in [0.15, 0.2) is 5.75 Å². The summed E-state index contributed by atoms with van der Waals surface area (Å²) in [6, 6.07) is 14.5. The van der Waals surface area contributed by atoms with E-state index in [2.05, 4.69) is 4.98 Å². The van der Waals surface area contributed by atoms with Gasteiger partial charge in [0.1, 0.15) is 17.9 Å². The topological polar surface area (TPSA) is 94.7 Å². The van der Waals surface area contributed by atoms with Crippen molar-refractivity contribution in [2.45, 2.75) is 25.9 Å². The van der Waals surface area contributed by atoms with E-state index in [0.29, 0.717) is 16.3 Å². The molecule has 0 spiro atoms. The highest BCUT2D eigenvalue weighted by Gasteiger charge is 2.36. The minimum atomic E-state index is -0.684. The zero-order valence-electron chi connectivity index (χ0n) is 17.2. The third-order valence-corrected chi connectivity index (χ3v) is 5.52. The Morgan fingerprint density at radius 2 is 1.91 bits per heavy atom. The lowest BCUT2D eigenvalue weighted by Gasteiger charge is -2.26. The number of carbonyl (C=O) groups excluding carboxylic acids is 2. The molecule has 4 rings (SSSR count). The summed E-state index contributed by atoms with van der Waals surface area (Å²) >= 11 is 6.23. The molecule has 7 nitrogen and oxygen atoms in total. The van der Waals surface area contributed by atoms with E-state index in [9.17, 15) is 14.4 Å². The summed E-state index contributed by atoms with van der Waals surface area (Å²) < 4.78 is 16.4. The molecule has 0 unspecified atom stereocenters. The number of nitrogens with one attached hydrogen (secondary N) is 1. The monoisotopic (exact) mass is 453 g/mol. The second-order valence-electron chi connectivity index (χ2n) is 7.14. The molecule has 32 heavy (non-hydrogen) atoms. The Hall–Kier alpha value is -3.58. The first-order valence-corrected chi connectivity index (χ1v) is 10.5. The predicted molar refractivity (Wildman–Crippen MR) is 117 cm³/mol. The smallest absolute Gasteiger partial charge is 0.343 e. The van der Waals surface area contributed by atoms with Gasteiger partial charge in [-0.15, -0.1) is 0 Å². The molecule has 8 heteroatoms. The normalized spacial score (nSPS) is 14.9. The maximum absolute atomic E-state index is 12.8. The minimum Gasteiger partial charge on any atom is -0.489 e. The SMILES string of the molecule is CCOC(=O)c1c[nH]c(=O)c2c1OC(=O)C[C@@H]2c1ccccc1OCc1ccccc1Cl. The predicted octanol–water partition coefficient (Wildman–Crippen LogP) is 4.23. The minimum absolute atomic E-state index is 0.00559. The number of benzene rings is 2. The van der Waals surface area contributed by atoms with Crippen molar-refractivity contribution in [1.82, 2.24) is 4.98 Å². The first-order valence-electron chi connectivity index (χ1n) is 10.1. The second kappa shape index (κ2) is 9.28. The number of carbonyl (C=O) groups is 2. The van der Waals surface area contributed by atoms with E-state index in [1.807, 2.05) is 18.2 Å². The van der Waals surface area contributed by atoms with E-state index in [1.54, 1.807) is 37.3 Å². The quantitative estimate of drug-likeness (QED) is 0.561. The molecule has 0 saturated heterocycles. The van der Waals surface area contributed by atoms with Gasteiger partial charge in [0, 0.05) is 28.3 Å². The van der Waals surface area contributed by atoms with Gasteiger partial charge in [-0.25, -0.2) is 4.79 Å². The van der Waals surface area contributed by atoms with Crippen molar-refractivity contribution in [2.24, 2.45) is 0 Å². The van der Waals surface area contributed by atoms with Crippen molar-refractivity contribution in [2.75, 3.05) is 6.61 Å². The van der Waals surface area contributed by atoms with Crippen LogP contribution in [0.3, 0.4) is 0 Å².